The summed E-state index contributed by atoms with van der Waals surface area (Å²) in [6.07, 6.45) is 0. The van der Waals surface area contributed by atoms with E-state index in [1.165, 1.54) is 6.92 Å². The van der Waals surface area contributed by atoms with Crippen LogP contribution < -0.4 is 16.4 Å². The van der Waals surface area contributed by atoms with Crippen LogP contribution in [-0.4, -0.2) is 10.9 Å². The van der Waals surface area contributed by atoms with Crippen LogP contribution in [0.3, 0.4) is 0 Å². The van der Waals surface area contributed by atoms with Gasteiger partial charge in [0.05, 0.1) is 11.4 Å². The Hall–Kier alpha value is -2.56. The van der Waals surface area contributed by atoms with Gasteiger partial charge in [-0.25, -0.2) is 4.98 Å². The van der Waals surface area contributed by atoms with E-state index in [9.17, 15) is 4.79 Å². The fraction of sp³-hybridized carbons (Fsp3) is 0.143. The second-order valence-corrected chi connectivity index (χ2v) is 4.26. The molecule has 0 aliphatic heterocycles. The molecule has 2 aromatic rings. The summed E-state index contributed by atoms with van der Waals surface area (Å²) in [5.74, 6) is 0.616. The van der Waals surface area contributed by atoms with Crippen molar-refractivity contribution < 1.29 is 4.79 Å². The van der Waals surface area contributed by atoms with E-state index in [0.29, 0.717) is 11.5 Å². The molecule has 5 heteroatoms. The van der Waals surface area contributed by atoms with Crippen LogP contribution in [0.2, 0.25) is 0 Å². The zero-order chi connectivity index (χ0) is 13.8. The largest absolute Gasteiger partial charge is 0.397 e. The van der Waals surface area contributed by atoms with Gasteiger partial charge in [0, 0.05) is 18.3 Å². The van der Waals surface area contributed by atoms with E-state index in [1.807, 2.05) is 43.3 Å². The summed E-state index contributed by atoms with van der Waals surface area (Å²) in [6, 6.07) is 11.1. The van der Waals surface area contributed by atoms with Gasteiger partial charge in [0.1, 0.15) is 5.82 Å². The van der Waals surface area contributed by atoms with Crippen LogP contribution in [0.1, 0.15) is 12.6 Å². The highest BCUT2D eigenvalue weighted by atomic mass is 16.1. The molecule has 1 aromatic heterocycles. The molecule has 0 aliphatic carbocycles. The van der Waals surface area contributed by atoms with E-state index < -0.39 is 0 Å². The topological polar surface area (TPSA) is 80.0 Å². The quantitative estimate of drug-likeness (QED) is 0.788. The van der Waals surface area contributed by atoms with Crippen molar-refractivity contribution in [3.8, 4) is 0 Å². The number of nitrogens with one attached hydrogen (secondary N) is 2. The van der Waals surface area contributed by atoms with Crippen LogP contribution >= 0.6 is 0 Å². The van der Waals surface area contributed by atoms with Gasteiger partial charge in [-0.15, -0.1) is 0 Å². The molecule has 0 fully saturated rings. The smallest absolute Gasteiger partial charge is 0.221 e. The van der Waals surface area contributed by atoms with Gasteiger partial charge in [-0.05, 0) is 37.3 Å². The molecule has 0 saturated carbocycles. The zero-order valence-electron chi connectivity index (χ0n) is 10.9. The molecule has 0 bridgehead atoms. The van der Waals surface area contributed by atoms with Gasteiger partial charge < -0.3 is 16.4 Å². The number of amides is 1. The maximum Gasteiger partial charge on any atom is 0.221 e. The molecule has 1 aromatic carbocycles. The number of aryl methyl sites for hydroxylation is 1. The number of nitrogens with two attached hydrogens (primary N) is 1. The van der Waals surface area contributed by atoms with E-state index in [1.54, 1.807) is 0 Å². The number of nitrogen functional groups attached to an aromatic ring is 1. The van der Waals surface area contributed by atoms with Crippen molar-refractivity contribution in [1.82, 2.24) is 4.98 Å². The maximum absolute atomic E-state index is 11.0. The minimum atomic E-state index is -0.0985. The fourth-order valence-electron chi connectivity index (χ4n) is 1.67. The highest BCUT2D eigenvalue weighted by Gasteiger charge is 2.01. The first-order chi connectivity index (χ1) is 9.04. The average molecular weight is 256 g/mol. The Labute approximate surface area is 111 Å². The summed E-state index contributed by atoms with van der Waals surface area (Å²) in [5.41, 5.74) is 8.76. The highest BCUT2D eigenvalue weighted by Crippen LogP contribution is 2.20. The number of hydrogen-bond acceptors (Lipinski definition) is 4. The summed E-state index contributed by atoms with van der Waals surface area (Å²) >= 11 is 0. The zero-order valence-corrected chi connectivity index (χ0v) is 10.9. The Balaban J connectivity index is 2.18. The number of hydrogen-bond donors (Lipinski definition) is 3. The van der Waals surface area contributed by atoms with Crippen molar-refractivity contribution >= 4 is 28.8 Å². The summed E-state index contributed by atoms with van der Waals surface area (Å²) < 4.78 is 0. The highest BCUT2D eigenvalue weighted by molar-refractivity contribution is 5.89. The lowest BCUT2D eigenvalue weighted by molar-refractivity contribution is -0.114. The van der Waals surface area contributed by atoms with Crippen molar-refractivity contribution in [2.24, 2.45) is 0 Å². The van der Waals surface area contributed by atoms with E-state index in [2.05, 4.69) is 15.6 Å². The number of aromatic nitrogens is 1. The number of rotatable bonds is 3. The third kappa shape index (κ3) is 3.45. The molecular weight excluding hydrogens is 240 g/mol. The molecule has 19 heavy (non-hydrogen) atoms. The lowest BCUT2D eigenvalue weighted by Crippen LogP contribution is -2.06. The molecular formula is C14H16N4O. The molecule has 4 N–H and O–H groups in total. The minimum absolute atomic E-state index is 0.0985. The van der Waals surface area contributed by atoms with E-state index in [4.69, 9.17) is 5.73 Å². The summed E-state index contributed by atoms with van der Waals surface area (Å²) in [7, 11) is 0. The molecule has 98 valence electrons. The Bertz CT molecular complexity index is 610. The fourth-order valence-corrected chi connectivity index (χ4v) is 1.67. The first-order valence-electron chi connectivity index (χ1n) is 5.92. The molecule has 5 nitrogen and oxygen atoms in total. The average Bonchev–Trinajstić information content (AvgIpc) is 2.33. The summed E-state index contributed by atoms with van der Waals surface area (Å²) in [5, 5.41) is 5.90. The summed E-state index contributed by atoms with van der Waals surface area (Å²) in [6.45, 7) is 3.33. The van der Waals surface area contributed by atoms with Crippen LogP contribution in [0, 0.1) is 6.92 Å². The molecule has 0 unspecified atom stereocenters. The number of nitrogens with zero attached hydrogens (tertiary/aromatic N) is 1. The maximum atomic E-state index is 11.0. The third-order valence-electron chi connectivity index (χ3n) is 2.58. The van der Waals surface area contributed by atoms with Crippen LogP contribution in [-0.2, 0) is 4.79 Å². The molecule has 1 amide bonds. The van der Waals surface area contributed by atoms with Gasteiger partial charge in [-0.2, -0.15) is 0 Å². The van der Waals surface area contributed by atoms with Crippen molar-refractivity contribution in [2.75, 3.05) is 16.4 Å². The van der Waals surface area contributed by atoms with Crippen molar-refractivity contribution in [3.05, 3.63) is 42.1 Å². The molecule has 0 radical (unpaired) electrons. The van der Waals surface area contributed by atoms with Gasteiger partial charge in [0.25, 0.3) is 0 Å². The number of pyridine rings is 1. The Morgan fingerprint density at radius 2 is 1.95 bits per heavy atom. The van der Waals surface area contributed by atoms with Gasteiger partial charge in [-0.3, -0.25) is 4.79 Å². The van der Waals surface area contributed by atoms with Crippen molar-refractivity contribution in [3.63, 3.8) is 0 Å². The third-order valence-corrected chi connectivity index (χ3v) is 2.58. The van der Waals surface area contributed by atoms with Crippen LogP contribution in [0.25, 0.3) is 0 Å². The number of benzene rings is 1. The van der Waals surface area contributed by atoms with Crippen LogP contribution in [0.4, 0.5) is 22.9 Å². The Morgan fingerprint density at radius 3 is 2.63 bits per heavy atom. The van der Waals surface area contributed by atoms with E-state index >= 15 is 0 Å². The normalized spacial score (nSPS) is 10.0. The van der Waals surface area contributed by atoms with Gasteiger partial charge in [0.2, 0.25) is 5.91 Å². The molecule has 0 saturated heterocycles. The van der Waals surface area contributed by atoms with Crippen molar-refractivity contribution in [1.29, 1.82) is 0 Å². The van der Waals surface area contributed by atoms with Crippen molar-refractivity contribution in [2.45, 2.75) is 13.8 Å². The molecule has 0 aliphatic rings. The van der Waals surface area contributed by atoms with Crippen LogP contribution in [0.15, 0.2) is 36.4 Å². The number of carbonyl (C=O) groups is 1. The number of anilines is 4. The van der Waals surface area contributed by atoms with E-state index in [0.717, 1.165) is 17.1 Å². The standard InChI is InChI=1S/C14H16N4O/c1-9-13(15)6-7-14(16-9)18-12-5-3-4-11(8-12)17-10(2)19/h3-8H,15H2,1-2H3,(H,16,18)(H,17,19). The van der Waals surface area contributed by atoms with Gasteiger partial charge in [0.15, 0.2) is 0 Å². The summed E-state index contributed by atoms with van der Waals surface area (Å²) in [4.78, 5) is 15.3. The Morgan fingerprint density at radius 1 is 1.21 bits per heavy atom. The molecule has 0 spiro atoms. The predicted octanol–water partition coefficient (Wildman–Crippen LogP) is 2.67. The first kappa shape index (κ1) is 12.9. The van der Waals surface area contributed by atoms with Gasteiger partial charge in [-0.1, -0.05) is 6.07 Å². The molecule has 2 rings (SSSR count). The Kier molecular flexibility index (Phi) is 3.66. The van der Waals surface area contributed by atoms with Crippen LogP contribution in [0.5, 0.6) is 0 Å². The predicted molar refractivity (Wildman–Crippen MR) is 77.4 cm³/mol. The monoisotopic (exact) mass is 256 g/mol. The molecule has 1 heterocycles. The molecule has 0 atom stereocenters. The second-order valence-electron chi connectivity index (χ2n) is 4.26. The lowest BCUT2D eigenvalue weighted by atomic mass is 10.2. The minimum Gasteiger partial charge on any atom is -0.397 e. The SMILES string of the molecule is CC(=O)Nc1cccc(Nc2ccc(N)c(C)n2)c1. The second kappa shape index (κ2) is 5.39. The van der Waals surface area contributed by atoms with E-state index in [-0.39, 0.29) is 5.91 Å². The first-order valence-corrected chi connectivity index (χ1v) is 5.92. The van der Waals surface area contributed by atoms with Gasteiger partial charge >= 0.3 is 0 Å². The lowest BCUT2D eigenvalue weighted by Gasteiger charge is -2.09. The number of carbonyl (C=O) groups excluding carboxylic acids is 1.